The molecule has 0 aromatic heterocycles. The first-order valence-electron chi connectivity index (χ1n) is 10.4. The number of methoxy groups -OCH3 is 2. The number of hydrogen-bond donors (Lipinski definition) is 1. The predicted octanol–water partition coefficient (Wildman–Crippen LogP) is 5.00. The van der Waals surface area contributed by atoms with Crippen LogP contribution in [0.2, 0.25) is 0 Å². The minimum Gasteiger partial charge on any atom is -0.497 e. The molecule has 174 valence electrons. The molecule has 4 rings (SSSR count). The van der Waals surface area contributed by atoms with Crippen molar-refractivity contribution in [3.63, 3.8) is 0 Å². The second kappa shape index (κ2) is 8.97. The molecular formula is C26H22F2N2O4. The van der Waals surface area contributed by atoms with Crippen LogP contribution in [-0.2, 0) is 9.59 Å². The van der Waals surface area contributed by atoms with E-state index in [0.717, 1.165) is 28.2 Å². The first-order valence-corrected chi connectivity index (χ1v) is 10.4. The number of halogens is 2. The molecule has 0 atom stereocenters. The Hall–Kier alpha value is -4.20. The molecule has 3 aromatic carbocycles. The molecule has 1 N–H and O–H groups in total. The summed E-state index contributed by atoms with van der Waals surface area (Å²) in [6, 6.07) is 13.2. The number of nitrogens with one attached hydrogen (secondary N) is 1. The number of benzene rings is 3. The van der Waals surface area contributed by atoms with Crippen molar-refractivity contribution in [1.29, 1.82) is 0 Å². The van der Waals surface area contributed by atoms with Gasteiger partial charge in [0.15, 0.2) is 11.6 Å². The monoisotopic (exact) mass is 464 g/mol. The van der Waals surface area contributed by atoms with Gasteiger partial charge in [-0.3, -0.25) is 9.59 Å². The van der Waals surface area contributed by atoms with Crippen molar-refractivity contribution >= 4 is 28.8 Å². The molecule has 0 saturated heterocycles. The Labute approximate surface area is 195 Å². The summed E-state index contributed by atoms with van der Waals surface area (Å²) >= 11 is 0. The van der Waals surface area contributed by atoms with Crippen molar-refractivity contribution in [3.05, 3.63) is 88.6 Å². The van der Waals surface area contributed by atoms with Crippen molar-refractivity contribution in [1.82, 2.24) is 0 Å². The summed E-state index contributed by atoms with van der Waals surface area (Å²) < 4.78 is 38.1. The summed E-state index contributed by atoms with van der Waals surface area (Å²) in [6.07, 6.45) is 0. The molecule has 6 nitrogen and oxygen atoms in total. The third-order valence-electron chi connectivity index (χ3n) is 5.71. The minimum absolute atomic E-state index is 0.0236. The zero-order valence-electron chi connectivity index (χ0n) is 19.0. The first-order chi connectivity index (χ1) is 16.2. The summed E-state index contributed by atoms with van der Waals surface area (Å²) in [5.41, 5.74) is 2.84. The van der Waals surface area contributed by atoms with E-state index < -0.39 is 23.4 Å². The Bertz CT molecular complexity index is 1350. The number of aryl methyl sites for hydroxylation is 2. The Morgan fingerprint density at radius 1 is 0.794 bits per heavy atom. The van der Waals surface area contributed by atoms with Crippen LogP contribution in [0.1, 0.15) is 16.7 Å². The van der Waals surface area contributed by atoms with Crippen LogP contribution in [0.25, 0.3) is 5.57 Å². The van der Waals surface area contributed by atoms with E-state index in [1.165, 1.54) is 20.3 Å². The van der Waals surface area contributed by atoms with E-state index in [9.17, 15) is 18.4 Å². The predicted molar refractivity (Wildman–Crippen MR) is 125 cm³/mol. The lowest BCUT2D eigenvalue weighted by atomic mass is 9.99. The highest BCUT2D eigenvalue weighted by atomic mass is 19.2. The Morgan fingerprint density at radius 2 is 1.56 bits per heavy atom. The van der Waals surface area contributed by atoms with Gasteiger partial charge in [-0.25, -0.2) is 13.7 Å². The highest BCUT2D eigenvalue weighted by molar-refractivity contribution is 6.46. The summed E-state index contributed by atoms with van der Waals surface area (Å²) in [6.45, 7) is 3.83. The third kappa shape index (κ3) is 3.98. The Morgan fingerprint density at radius 3 is 2.21 bits per heavy atom. The maximum atomic E-state index is 13.9. The molecule has 1 aliphatic heterocycles. The van der Waals surface area contributed by atoms with E-state index in [2.05, 4.69) is 5.32 Å². The van der Waals surface area contributed by atoms with Crippen LogP contribution in [0.5, 0.6) is 11.5 Å². The smallest absolute Gasteiger partial charge is 0.282 e. The SMILES string of the molecule is COc1ccc(OC)c(NC2=C(c3ccc(C)c(C)c3)C(=O)N(c3ccc(F)c(F)c3)C2=O)c1. The van der Waals surface area contributed by atoms with E-state index in [4.69, 9.17) is 9.47 Å². The molecule has 0 fully saturated rings. The fourth-order valence-electron chi connectivity index (χ4n) is 3.72. The summed E-state index contributed by atoms with van der Waals surface area (Å²) in [5, 5.41) is 3.02. The van der Waals surface area contributed by atoms with Gasteiger partial charge >= 0.3 is 0 Å². The molecule has 0 bridgehead atoms. The minimum atomic E-state index is -1.17. The molecule has 34 heavy (non-hydrogen) atoms. The topological polar surface area (TPSA) is 67.9 Å². The number of nitrogens with zero attached hydrogens (tertiary/aromatic N) is 1. The first kappa shape index (κ1) is 23.0. The van der Waals surface area contributed by atoms with E-state index >= 15 is 0 Å². The average molecular weight is 464 g/mol. The van der Waals surface area contributed by atoms with Crippen LogP contribution < -0.4 is 19.7 Å². The number of amides is 2. The van der Waals surface area contributed by atoms with Gasteiger partial charge in [0.05, 0.1) is 31.2 Å². The standard InChI is InChI=1S/C26H22F2N2O4/c1-14-5-6-16(11-15(14)2)23-24(29-21-13-18(33-3)8-10-22(21)34-4)26(32)30(25(23)31)17-7-9-19(27)20(28)12-17/h5-13,29H,1-4H3. The van der Waals surface area contributed by atoms with Crippen LogP contribution >= 0.6 is 0 Å². The average Bonchev–Trinajstić information content (AvgIpc) is 3.06. The van der Waals surface area contributed by atoms with Crippen molar-refractivity contribution < 1.29 is 27.8 Å². The molecule has 0 aliphatic carbocycles. The van der Waals surface area contributed by atoms with Gasteiger partial charge in [-0.2, -0.15) is 0 Å². The molecule has 0 unspecified atom stereocenters. The van der Waals surface area contributed by atoms with Crippen LogP contribution in [0.3, 0.4) is 0 Å². The van der Waals surface area contributed by atoms with E-state index in [-0.39, 0.29) is 17.0 Å². The lowest BCUT2D eigenvalue weighted by Gasteiger charge is -2.16. The molecule has 0 spiro atoms. The van der Waals surface area contributed by atoms with Gasteiger partial charge < -0.3 is 14.8 Å². The number of carbonyl (C=O) groups excluding carboxylic acids is 2. The number of carbonyl (C=O) groups is 2. The van der Waals surface area contributed by atoms with Crippen molar-refractivity contribution in [2.75, 3.05) is 24.4 Å². The molecule has 0 saturated carbocycles. The van der Waals surface area contributed by atoms with E-state index in [1.54, 1.807) is 30.3 Å². The van der Waals surface area contributed by atoms with Crippen molar-refractivity contribution in [3.8, 4) is 11.5 Å². The number of ether oxygens (including phenoxy) is 2. The molecular weight excluding hydrogens is 442 g/mol. The van der Waals surface area contributed by atoms with Gasteiger partial charge in [0.1, 0.15) is 17.2 Å². The van der Waals surface area contributed by atoms with Gasteiger partial charge in [-0.1, -0.05) is 18.2 Å². The van der Waals surface area contributed by atoms with E-state index in [0.29, 0.717) is 22.7 Å². The molecule has 0 radical (unpaired) electrons. The Balaban J connectivity index is 1.88. The van der Waals surface area contributed by atoms with Gasteiger partial charge in [0.25, 0.3) is 11.8 Å². The van der Waals surface area contributed by atoms with Gasteiger partial charge in [-0.15, -0.1) is 0 Å². The van der Waals surface area contributed by atoms with Gasteiger partial charge in [0.2, 0.25) is 0 Å². The van der Waals surface area contributed by atoms with Crippen molar-refractivity contribution in [2.45, 2.75) is 13.8 Å². The summed E-state index contributed by atoms with van der Waals surface area (Å²) in [7, 11) is 2.97. The lowest BCUT2D eigenvalue weighted by Crippen LogP contribution is -2.32. The third-order valence-corrected chi connectivity index (χ3v) is 5.71. The second-order valence-corrected chi connectivity index (χ2v) is 7.78. The Kier molecular flexibility index (Phi) is 6.06. The number of imide groups is 1. The molecule has 1 aliphatic rings. The molecule has 2 amide bonds. The normalized spacial score (nSPS) is 13.5. The van der Waals surface area contributed by atoms with Gasteiger partial charge in [0, 0.05) is 12.1 Å². The molecule has 8 heteroatoms. The number of anilines is 2. The number of hydrogen-bond acceptors (Lipinski definition) is 5. The highest BCUT2D eigenvalue weighted by Gasteiger charge is 2.41. The maximum Gasteiger partial charge on any atom is 0.282 e. The lowest BCUT2D eigenvalue weighted by molar-refractivity contribution is -0.120. The largest absolute Gasteiger partial charge is 0.497 e. The zero-order valence-corrected chi connectivity index (χ0v) is 19.0. The maximum absolute atomic E-state index is 13.9. The van der Waals surface area contributed by atoms with Crippen LogP contribution in [-0.4, -0.2) is 26.0 Å². The zero-order chi connectivity index (χ0) is 24.6. The fraction of sp³-hybridized carbons (Fsp3) is 0.154. The van der Waals surface area contributed by atoms with E-state index in [1.807, 2.05) is 19.9 Å². The second-order valence-electron chi connectivity index (χ2n) is 7.78. The number of rotatable bonds is 6. The highest BCUT2D eigenvalue weighted by Crippen LogP contribution is 2.37. The fourth-order valence-corrected chi connectivity index (χ4v) is 3.72. The van der Waals surface area contributed by atoms with Gasteiger partial charge in [-0.05, 0) is 54.8 Å². The quantitative estimate of drug-likeness (QED) is 0.521. The van der Waals surface area contributed by atoms with Crippen molar-refractivity contribution in [2.24, 2.45) is 0 Å². The van der Waals surface area contributed by atoms with Crippen LogP contribution in [0.4, 0.5) is 20.2 Å². The van der Waals surface area contributed by atoms with Crippen LogP contribution in [0.15, 0.2) is 60.3 Å². The molecule has 1 heterocycles. The molecule has 3 aromatic rings. The summed E-state index contributed by atoms with van der Waals surface area (Å²) in [4.78, 5) is 27.8. The summed E-state index contributed by atoms with van der Waals surface area (Å²) in [5.74, 6) is -2.70. The van der Waals surface area contributed by atoms with Crippen LogP contribution in [0, 0.1) is 25.5 Å².